The average Bonchev–Trinajstić information content (AvgIpc) is 2.29. The summed E-state index contributed by atoms with van der Waals surface area (Å²) in [4.78, 5) is 19.8. The van der Waals surface area contributed by atoms with Crippen molar-refractivity contribution in [1.29, 1.82) is 0 Å². The summed E-state index contributed by atoms with van der Waals surface area (Å²) >= 11 is 0. The largest absolute Gasteiger partial charge is 0.479 e. The minimum absolute atomic E-state index is 0.245. The second kappa shape index (κ2) is 7.42. The Morgan fingerprint density at radius 3 is 2.06 bits per heavy atom. The average molecular weight is 225 g/mol. The van der Waals surface area contributed by atoms with Gasteiger partial charge in [-0.1, -0.05) is 37.3 Å². The van der Waals surface area contributed by atoms with Crippen molar-refractivity contribution in [2.45, 2.75) is 19.4 Å². The topological polar surface area (TPSA) is 101 Å². The van der Waals surface area contributed by atoms with Crippen LogP contribution in [0, 0.1) is 0 Å². The molecule has 0 aliphatic rings. The highest BCUT2D eigenvalue weighted by atomic mass is 16.4. The molecule has 5 nitrogen and oxygen atoms in total. The molecule has 1 aromatic rings. The lowest BCUT2D eigenvalue weighted by Gasteiger charge is -2.03. The van der Waals surface area contributed by atoms with Crippen LogP contribution in [-0.2, 0) is 9.59 Å². The van der Waals surface area contributed by atoms with Gasteiger partial charge >= 0.3 is 5.97 Å². The van der Waals surface area contributed by atoms with E-state index in [9.17, 15) is 9.59 Å². The lowest BCUT2D eigenvalue weighted by Crippen LogP contribution is -2.09. The molecule has 4 N–H and O–H groups in total. The number of carboxylic acids is 1. The predicted molar refractivity (Wildman–Crippen MR) is 58.5 cm³/mol. The van der Waals surface area contributed by atoms with Crippen molar-refractivity contribution < 1.29 is 19.8 Å². The molecule has 0 heterocycles. The molecule has 0 bridgehead atoms. The van der Waals surface area contributed by atoms with E-state index in [0.29, 0.717) is 12.0 Å². The summed E-state index contributed by atoms with van der Waals surface area (Å²) in [5.41, 5.74) is 5.06. The van der Waals surface area contributed by atoms with Crippen LogP contribution in [-0.4, -0.2) is 22.1 Å². The number of amides is 1. The van der Waals surface area contributed by atoms with Crippen LogP contribution < -0.4 is 5.73 Å². The summed E-state index contributed by atoms with van der Waals surface area (Å²) in [6, 6.07) is 8.26. The number of nitrogens with two attached hydrogens (primary N) is 1. The first kappa shape index (κ1) is 14.1. The SMILES string of the molecule is CCC(N)=O.O=C(O)[C@@H](O)c1ccccc1. The van der Waals surface area contributed by atoms with Gasteiger partial charge in [-0.15, -0.1) is 0 Å². The lowest BCUT2D eigenvalue weighted by atomic mass is 10.1. The zero-order chi connectivity index (χ0) is 12.6. The Morgan fingerprint density at radius 2 is 1.75 bits per heavy atom. The number of primary amides is 1. The molecule has 0 saturated heterocycles. The number of aliphatic hydroxyl groups excluding tert-OH is 1. The maximum Gasteiger partial charge on any atom is 0.337 e. The van der Waals surface area contributed by atoms with Gasteiger partial charge in [0.15, 0.2) is 6.10 Å². The number of carbonyl (C=O) groups is 2. The van der Waals surface area contributed by atoms with Gasteiger partial charge in [-0.2, -0.15) is 0 Å². The number of carbonyl (C=O) groups excluding carboxylic acids is 1. The van der Waals surface area contributed by atoms with Crippen LogP contribution >= 0.6 is 0 Å². The molecule has 0 unspecified atom stereocenters. The molecular weight excluding hydrogens is 210 g/mol. The van der Waals surface area contributed by atoms with Crippen LogP contribution in [0.3, 0.4) is 0 Å². The Labute approximate surface area is 93.5 Å². The van der Waals surface area contributed by atoms with E-state index >= 15 is 0 Å². The quantitative estimate of drug-likeness (QED) is 0.704. The van der Waals surface area contributed by atoms with Gasteiger partial charge < -0.3 is 15.9 Å². The van der Waals surface area contributed by atoms with Crippen molar-refractivity contribution in [3.63, 3.8) is 0 Å². The van der Waals surface area contributed by atoms with Crippen molar-refractivity contribution in [1.82, 2.24) is 0 Å². The Hall–Kier alpha value is -1.88. The molecule has 0 spiro atoms. The van der Waals surface area contributed by atoms with E-state index < -0.39 is 12.1 Å². The third-order valence-electron chi connectivity index (χ3n) is 1.70. The first-order valence-corrected chi connectivity index (χ1v) is 4.73. The maximum atomic E-state index is 10.2. The Morgan fingerprint density at radius 1 is 1.31 bits per heavy atom. The summed E-state index contributed by atoms with van der Waals surface area (Å²) < 4.78 is 0. The van der Waals surface area contributed by atoms with Crippen LogP contribution in [0.5, 0.6) is 0 Å². The van der Waals surface area contributed by atoms with Gasteiger partial charge in [-0.05, 0) is 5.56 Å². The van der Waals surface area contributed by atoms with E-state index in [1.165, 1.54) is 0 Å². The van der Waals surface area contributed by atoms with Crippen molar-refractivity contribution in [2.75, 3.05) is 0 Å². The molecular formula is C11H15NO4. The van der Waals surface area contributed by atoms with Crippen molar-refractivity contribution in [2.24, 2.45) is 5.73 Å². The maximum absolute atomic E-state index is 10.2. The molecule has 1 rings (SSSR count). The summed E-state index contributed by atoms with van der Waals surface area (Å²) in [6.07, 6.45) is -0.962. The molecule has 0 aliphatic heterocycles. The summed E-state index contributed by atoms with van der Waals surface area (Å²) in [5.74, 6) is -1.47. The zero-order valence-corrected chi connectivity index (χ0v) is 8.96. The van der Waals surface area contributed by atoms with Crippen LogP contribution in [0.4, 0.5) is 0 Å². The van der Waals surface area contributed by atoms with E-state index in [4.69, 9.17) is 10.2 Å². The second-order valence-electron chi connectivity index (χ2n) is 2.97. The van der Waals surface area contributed by atoms with Gasteiger partial charge in [-0.3, -0.25) is 4.79 Å². The number of rotatable bonds is 3. The molecule has 0 saturated carbocycles. The zero-order valence-electron chi connectivity index (χ0n) is 8.96. The first-order chi connectivity index (χ1) is 7.49. The number of hydrogen-bond acceptors (Lipinski definition) is 3. The van der Waals surface area contributed by atoms with Crippen LogP contribution in [0.15, 0.2) is 30.3 Å². The van der Waals surface area contributed by atoms with Gasteiger partial charge in [0.05, 0.1) is 0 Å². The molecule has 88 valence electrons. The Balaban J connectivity index is 0.000000385. The van der Waals surface area contributed by atoms with Gasteiger partial charge in [0.25, 0.3) is 0 Å². The van der Waals surface area contributed by atoms with Crippen LogP contribution in [0.1, 0.15) is 25.0 Å². The molecule has 0 aromatic heterocycles. The van der Waals surface area contributed by atoms with Gasteiger partial charge in [0.1, 0.15) is 0 Å². The fourth-order valence-electron chi connectivity index (χ4n) is 0.778. The number of hydrogen-bond donors (Lipinski definition) is 3. The van der Waals surface area contributed by atoms with Crippen molar-refractivity contribution >= 4 is 11.9 Å². The number of benzene rings is 1. The predicted octanol–water partition coefficient (Wildman–Crippen LogP) is 0.686. The summed E-state index contributed by atoms with van der Waals surface area (Å²) in [7, 11) is 0. The molecule has 1 aromatic carbocycles. The van der Waals surface area contributed by atoms with Crippen molar-refractivity contribution in [3.8, 4) is 0 Å². The standard InChI is InChI=1S/C8H8O3.C3H7NO/c9-7(8(10)11)6-4-2-1-3-5-6;1-2-3(4)5/h1-5,7,9H,(H,10,11);2H2,1H3,(H2,4,5)/t7-;/m0./s1. The second-order valence-corrected chi connectivity index (χ2v) is 2.97. The van der Waals surface area contributed by atoms with Gasteiger partial charge in [0.2, 0.25) is 5.91 Å². The first-order valence-electron chi connectivity index (χ1n) is 4.73. The summed E-state index contributed by atoms with van der Waals surface area (Å²) in [5, 5.41) is 17.4. The van der Waals surface area contributed by atoms with E-state index in [-0.39, 0.29) is 5.91 Å². The summed E-state index contributed by atoms with van der Waals surface area (Å²) in [6.45, 7) is 1.72. The number of aliphatic hydroxyl groups is 1. The fourth-order valence-corrected chi connectivity index (χ4v) is 0.778. The highest BCUT2D eigenvalue weighted by Gasteiger charge is 2.14. The highest BCUT2D eigenvalue weighted by molar-refractivity contribution is 5.74. The smallest absolute Gasteiger partial charge is 0.337 e. The lowest BCUT2D eigenvalue weighted by molar-refractivity contribution is -0.146. The minimum atomic E-state index is -1.41. The van der Waals surface area contributed by atoms with Gasteiger partial charge in [0, 0.05) is 6.42 Å². The molecule has 1 atom stereocenters. The van der Waals surface area contributed by atoms with Crippen LogP contribution in [0.25, 0.3) is 0 Å². The molecule has 1 amide bonds. The number of carboxylic acid groups (broad SMARTS) is 1. The molecule has 0 aliphatic carbocycles. The minimum Gasteiger partial charge on any atom is -0.479 e. The fraction of sp³-hybridized carbons (Fsp3) is 0.273. The monoisotopic (exact) mass is 225 g/mol. The number of aliphatic carboxylic acids is 1. The van der Waals surface area contributed by atoms with E-state index in [2.05, 4.69) is 5.73 Å². The van der Waals surface area contributed by atoms with E-state index in [1.807, 2.05) is 0 Å². The third-order valence-corrected chi connectivity index (χ3v) is 1.70. The third kappa shape index (κ3) is 5.77. The molecule has 0 fully saturated rings. The molecule has 0 radical (unpaired) electrons. The van der Waals surface area contributed by atoms with Crippen molar-refractivity contribution in [3.05, 3.63) is 35.9 Å². The van der Waals surface area contributed by atoms with E-state index in [1.54, 1.807) is 37.3 Å². The highest BCUT2D eigenvalue weighted by Crippen LogP contribution is 2.10. The van der Waals surface area contributed by atoms with Gasteiger partial charge in [-0.25, -0.2) is 4.79 Å². The van der Waals surface area contributed by atoms with Crippen LogP contribution in [0.2, 0.25) is 0 Å². The Kier molecular flexibility index (Phi) is 6.55. The Bertz CT molecular complexity index is 337. The molecule has 5 heteroatoms. The normalized spacial score (nSPS) is 10.9. The van der Waals surface area contributed by atoms with E-state index in [0.717, 1.165) is 0 Å². The molecule has 16 heavy (non-hydrogen) atoms.